The number of aromatic nitrogens is 1. The second-order valence-electron chi connectivity index (χ2n) is 8.02. The summed E-state index contributed by atoms with van der Waals surface area (Å²) in [5.74, 6) is 0.261. The van der Waals surface area contributed by atoms with Gasteiger partial charge in [0.25, 0.3) is 5.91 Å². The van der Waals surface area contributed by atoms with Crippen LogP contribution in [0.4, 0.5) is 4.39 Å². The van der Waals surface area contributed by atoms with E-state index in [0.29, 0.717) is 22.1 Å². The summed E-state index contributed by atoms with van der Waals surface area (Å²) in [7, 11) is 0. The Labute approximate surface area is 164 Å². The highest BCUT2D eigenvalue weighted by Crippen LogP contribution is 2.36. The molecule has 4 rings (SSSR count). The molecule has 1 amide bonds. The highest BCUT2D eigenvalue weighted by atomic mass is 35.5. The van der Waals surface area contributed by atoms with E-state index in [4.69, 9.17) is 11.6 Å². The molecule has 0 spiro atoms. The molecular weight excluding hydrogens is 363 g/mol. The maximum Gasteiger partial charge on any atom is 0.253 e. The molecule has 1 heterocycles. The quantitative estimate of drug-likeness (QED) is 0.697. The lowest BCUT2D eigenvalue weighted by molar-refractivity contribution is 0.0927. The first kappa shape index (κ1) is 18.5. The van der Waals surface area contributed by atoms with Crippen molar-refractivity contribution in [3.05, 3.63) is 46.4 Å². The van der Waals surface area contributed by atoms with Crippen molar-refractivity contribution in [3.63, 3.8) is 0 Å². The van der Waals surface area contributed by atoms with Crippen molar-refractivity contribution in [2.75, 3.05) is 0 Å². The van der Waals surface area contributed by atoms with Gasteiger partial charge in [-0.3, -0.25) is 4.79 Å². The minimum atomic E-state index is -0.312. The molecule has 2 fully saturated rings. The molecule has 0 atom stereocenters. The predicted molar refractivity (Wildman–Crippen MR) is 107 cm³/mol. The number of carbonyl (C=O) groups excluding carboxylic acids is 1. The van der Waals surface area contributed by atoms with Crippen LogP contribution in [0.1, 0.15) is 61.0 Å². The number of benzene rings is 1. The van der Waals surface area contributed by atoms with Gasteiger partial charge >= 0.3 is 0 Å². The van der Waals surface area contributed by atoms with Gasteiger partial charge in [-0.15, -0.1) is 0 Å². The SMILES string of the molecule is Cc1c(C(=O)NC2CCCCC2)cc(-c2cc(Cl)ccc2F)n1CC1CC1. The lowest BCUT2D eigenvalue weighted by Crippen LogP contribution is -2.36. The Hall–Kier alpha value is -1.81. The number of hydrogen-bond acceptors (Lipinski definition) is 1. The molecule has 2 aliphatic rings. The Morgan fingerprint density at radius 2 is 1.93 bits per heavy atom. The maximum atomic E-state index is 14.5. The molecular formula is C22H26ClFN2O. The zero-order valence-electron chi connectivity index (χ0n) is 15.7. The van der Waals surface area contributed by atoms with E-state index in [-0.39, 0.29) is 17.8 Å². The minimum absolute atomic E-state index is 0.0439. The summed E-state index contributed by atoms with van der Waals surface area (Å²) in [5.41, 5.74) is 2.76. The van der Waals surface area contributed by atoms with Crippen LogP contribution >= 0.6 is 11.6 Å². The average Bonchev–Trinajstić information content (AvgIpc) is 3.42. The van der Waals surface area contributed by atoms with E-state index in [9.17, 15) is 9.18 Å². The zero-order chi connectivity index (χ0) is 19.0. The van der Waals surface area contributed by atoms with E-state index >= 15 is 0 Å². The molecule has 3 nitrogen and oxygen atoms in total. The van der Waals surface area contributed by atoms with Crippen molar-refractivity contribution in [1.29, 1.82) is 0 Å². The predicted octanol–water partition coefficient (Wildman–Crippen LogP) is 5.73. The second kappa shape index (κ2) is 7.67. The molecule has 0 unspecified atom stereocenters. The number of rotatable bonds is 5. The molecule has 5 heteroatoms. The molecule has 2 saturated carbocycles. The Bertz CT molecular complexity index is 850. The van der Waals surface area contributed by atoms with E-state index in [1.807, 2.05) is 13.0 Å². The summed E-state index contributed by atoms with van der Waals surface area (Å²) in [6, 6.07) is 6.69. The minimum Gasteiger partial charge on any atom is -0.349 e. The van der Waals surface area contributed by atoms with Crippen LogP contribution in [-0.4, -0.2) is 16.5 Å². The van der Waals surface area contributed by atoms with Crippen LogP contribution in [0.25, 0.3) is 11.3 Å². The van der Waals surface area contributed by atoms with Crippen LogP contribution < -0.4 is 5.32 Å². The van der Waals surface area contributed by atoms with Gasteiger partial charge < -0.3 is 9.88 Å². The Morgan fingerprint density at radius 3 is 2.63 bits per heavy atom. The fourth-order valence-electron chi connectivity index (χ4n) is 4.10. The van der Waals surface area contributed by atoms with Gasteiger partial charge in [0.15, 0.2) is 0 Å². The van der Waals surface area contributed by atoms with E-state index < -0.39 is 0 Å². The third-order valence-electron chi connectivity index (χ3n) is 5.89. The van der Waals surface area contributed by atoms with E-state index in [2.05, 4.69) is 9.88 Å². The molecule has 1 aromatic carbocycles. The third kappa shape index (κ3) is 4.06. The molecule has 0 radical (unpaired) electrons. The number of nitrogens with one attached hydrogen (secondary N) is 1. The first-order valence-corrected chi connectivity index (χ1v) is 10.4. The lowest BCUT2D eigenvalue weighted by Gasteiger charge is -2.22. The number of nitrogens with zero attached hydrogens (tertiary/aromatic N) is 1. The van der Waals surface area contributed by atoms with Crippen molar-refractivity contribution in [3.8, 4) is 11.3 Å². The van der Waals surface area contributed by atoms with E-state index in [1.165, 1.54) is 38.2 Å². The van der Waals surface area contributed by atoms with Gasteiger partial charge in [0.2, 0.25) is 0 Å². The third-order valence-corrected chi connectivity index (χ3v) is 6.13. The molecule has 0 saturated heterocycles. The van der Waals surface area contributed by atoms with Crippen LogP contribution in [0.15, 0.2) is 24.3 Å². The Kier molecular flexibility index (Phi) is 5.27. The summed E-state index contributed by atoms with van der Waals surface area (Å²) in [5, 5.41) is 3.69. The van der Waals surface area contributed by atoms with Gasteiger partial charge in [0.05, 0.1) is 11.3 Å². The van der Waals surface area contributed by atoms with Gasteiger partial charge in [-0.05, 0) is 62.8 Å². The van der Waals surface area contributed by atoms with E-state index in [0.717, 1.165) is 30.8 Å². The first-order valence-electron chi connectivity index (χ1n) is 9.99. The van der Waals surface area contributed by atoms with Crippen molar-refractivity contribution in [2.45, 2.75) is 64.5 Å². The fraction of sp³-hybridized carbons (Fsp3) is 0.500. The highest BCUT2D eigenvalue weighted by molar-refractivity contribution is 6.30. The monoisotopic (exact) mass is 388 g/mol. The van der Waals surface area contributed by atoms with Gasteiger partial charge in [-0.2, -0.15) is 0 Å². The van der Waals surface area contributed by atoms with Crippen molar-refractivity contribution >= 4 is 17.5 Å². The van der Waals surface area contributed by atoms with E-state index in [1.54, 1.807) is 12.1 Å². The molecule has 2 aliphatic carbocycles. The second-order valence-corrected chi connectivity index (χ2v) is 8.45. The van der Waals surface area contributed by atoms with Crippen molar-refractivity contribution < 1.29 is 9.18 Å². The van der Waals surface area contributed by atoms with Gasteiger partial charge in [-0.25, -0.2) is 4.39 Å². The van der Waals surface area contributed by atoms with Crippen LogP contribution in [-0.2, 0) is 6.54 Å². The molecule has 1 aromatic heterocycles. The highest BCUT2D eigenvalue weighted by Gasteiger charge is 2.27. The van der Waals surface area contributed by atoms with Gasteiger partial charge in [-0.1, -0.05) is 30.9 Å². The molecule has 0 bridgehead atoms. The topological polar surface area (TPSA) is 34.0 Å². The fourth-order valence-corrected chi connectivity index (χ4v) is 4.27. The number of halogens is 2. The van der Waals surface area contributed by atoms with Crippen LogP contribution in [0.5, 0.6) is 0 Å². The van der Waals surface area contributed by atoms with Crippen molar-refractivity contribution in [2.24, 2.45) is 5.92 Å². The van der Waals surface area contributed by atoms with Gasteiger partial charge in [0.1, 0.15) is 5.82 Å². The number of hydrogen-bond donors (Lipinski definition) is 1. The molecule has 144 valence electrons. The average molecular weight is 389 g/mol. The normalized spacial score (nSPS) is 17.9. The summed E-state index contributed by atoms with van der Waals surface area (Å²) in [6.45, 7) is 2.79. The Morgan fingerprint density at radius 1 is 1.19 bits per heavy atom. The largest absolute Gasteiger partial charge is 0.349 e. The lowest BCUT2D eigenvalue weighted by atomic mass is 9.95. The molecule has 1 N–H and O–H groups in total. The zero-order valence-corrected chi connectivity index (χ0v) is 16.5. The van der Waals surface area contributed by atoms with Crippen LogP contribution in [0.3, 0.4) is 0 Å². The van der Waals surface area contributed by atoms with Crippen LogP contribution in [0.2, 0.25) is 5.02 Å². The van der Waals surface area contributed by atoms with Crippen LogP contribution in [0, 0.1) is 18.7 Å². The van der Waals surface area contributed by atoms with Crippen molar-refractivity contribution in [1.82, 2.24) is 9.88 Å². The number of amides is 1. The standard InChI is InChI=1S/C22H26ClFN2O/c1-14-18(22(27)25-17-5-3-2-4-6-17)12-21(26(14)13-15-7-8-15)19-11-16(23)9-10-20(19)24/h9-12,15,17H,2-8,13H2,1H3,(H,25,27). The van der Waals surface area contributed by atoms with Gasteiger partial charge in [0, 0.05) is 28.9 Å². The smallest absolute Gasteiger partial charge is 0.253 e. The number of carbonyl (C=O) groups is 1. The summed E-state index contributed by atoms with van der Waals surface area (Å²) in [4.78, 5) is 12.9. The molecule has 2 aromatic rings. The Balaban J connectivity index is 1.69. The maximum absolute atomic E-state index is 14.5. The summed E-state index contributed by atoms with van der Waals surface area (Å²) in [6.07, 6.45) is 8.07. The molecule has 27 heavy (non-hydrogen) atoms. The summed E-state index contributed by atoms with van der Waals surface area (Å²) >= 11 is 6.12. The first-order chi connectivity index (χ1) is 13.0. The summed E-state index contributed by atoms with van der Waals surface area (Å²) < 4.78 is 16.6. The molecule has 0 aliphatic heterocycles.